The maximum Gasteiger partial charge on any atom is 0.307 e. The molecule has 27 heavy (non-hydrogen) atoms. The van der Waals surface area contributed by atoms with E-state index in [-0.39, 0.29) is 6.54 Å². The van der Waals surface area contributed by atoms with Gasteiger partial charge in [0.05, 0.1) is 25.7 Å². The number of carboxylic acids is 1. The second-order valence-corrected chi connectivity index (χ2v) is 6.71. The van der Waals surface area contributed by atoms with E-state index in [1.807, 2.05) is 32.9 Å². The van der Waals surface area contributed by atoms with E-state index in [0.29, 0.717) is 37.9 Å². The molecule has 0 aliphatic heterocycles. The van der Waals surface area contributed by atoms with Crippen LogP contribution < -0.4 is 19.9 Å². The van der Waals surface area contributed by atoms with Gasteiger partial charge in [-0.05, 0) is 52.0 Å². The van der Waals surface area contributed by atoms with Crippen molar-refractivity contribution >= 4 is 5.97 Å². The maximum atomic E-state index is 11.2. The monoisotopic (exact) mass is 381 g/mol. The van der Waals surface area contributed by atoms with Crippen molar-refractivity contribution in [3.8, 4) is 17.2 Å². The van der Waals surface area contributed by atoms with E-state index >= 15 is 0 Å². The molecule has 0 bridgehead atoms. The molecule has 6 nitrogen and oxygen atoms in total. The number of nitrogens with two attached hydrogens (primary N) is 1. The fourth-order valence-corrected chi connectivity index (χ4v) is 3.18. The molecule has 154 valence electrons. The van der Waals surface area contributed by atoms with Crippen molar-refractivity contribution in [3.63, 3.8) is 0 Å². The standard InChI is InChI=1S/C21H35NO5/c1-5-25-18-12-16(20(27-7-3)19(13-18)26-6-2)10-8-9-15(4)11-17(14-22)21(23)24/h12-13,15,17H,5-11,14,22H2,1-4H3,(H,23,24). The largest absolute Gasteiger partial charge is 0.494 e. The Kier molecular flexibility index (Phi) is 10.6. The summed E-state index contributed by atoms with van der Waals surface area (Å²) in [6, 6.07) is 3.89. The Balaban J connectivity index is 2.82. The van der Waals surface area contributed by atoms with E-state index in [1.165, 1.54) is 0 Å². The molecule has 0 spiro atoms. The zero-order chi connectivity index (χ0) is 20.2. The van der Waals surface area contributed by atoms with Crippen LogP contribution in [-0.4, -0.2) is 37.4 Å². The molecule has 2 atom stereocenters. The topological polar surface area (TPSA) is 91.0 Å². The van der Waals surface area contributed by atoms with Crippen LogP contribution in [0.1, 0.15) is 52.5 Å². The molecule has 0 amide bonds. The van der Waals surface area contributed by atoms with Crippen molar-refractivity contribution < 1.29 is 24.1 Å². The third kappa shape index (κ3) is 7.67. The number of ether oxygens (including phenoxy) is 3. The van der Waals surface area contributed by atoms with Crippen LogP contribution in [-0.2, 0) is 11.2 Å². The lowest BCUT2D eigenvalue weighted by atomic mass is 9.91. The van der Waals surface area contributed by atoms with Gasteiger partial charge < -0.3 is 25.1 Å². The molecule has 0 saturated carbocycles. The van der Waals surface area contributed by atoms with Crippen molar-refractivity contribution in [1.82, 2.24) is 0 Å². The highest BCUT2D eigenvalue weighted by atomic mass is 16.5. The minimum Gasteiger partial charge on any atom is -0.494 e. The van der Waals surface area contributed by atoms with Gasteiger partial charge >= 0.3 is 5.97 Å². The van der Waals surface area contributed by atoms with E-state index in [9.17, 15) is 4.79 Å². The van der Waals surface area contributed by atoms with Gasteiger partial charge in [0.2, 0.25) is 0 Å². The number of carbonyl (C=O) groups is 1. The molecule has 1 aromatic carbocycles. The number of hydrogen-bond donors (Lipinski definition) is 2. The molecule has 3 N–H and O–H groups in total. The quantitative estimate of drug-likeness (QED) is 0.508. The molecule has 0 aliphatic rings. The number of carboxylic acid groups (broad SMARTS) is 1. The van der Waals surface area contributed by atoms with Crippen molar-refractivity contribution in [2.45, 2.75) is 53.4 Å². The zero-order valence-electron chi connectivity index (χ0n) is 17.1. The van der Waals surface area contributed by atoms with E-state index in [0.717, 1.165) is 36.3 Å². The van der Waals surface area contributed by atoms with Crippen molar-refractivity contribution in [1.29, 1.82) is 0 Å². The molecule has 1 rings (SSSR count). The lowest BCUT2D eigenvalue weighted by Gasteiger charge is -2.19. The lowest BCUT2D eigenvalue weighted by Crippen LogP contribution is -2.25. The summed E-state index contributed by atoms with van der Waals surface area (Å²) in [5, 5.41) is 9.16. The molecule has 6 heteroatoms. The smallest absolute Gasteiger partial charge is 0.307 e. The molecule has 0 fully saturated rings. The SMILES string of the molecule is CCOc1cc(CCCC(C)CC(CN)C(=O)O)c(OCC)c(OCC)c1. The molecular weight excluding hydrogens is 346 g/mol. The van der Waals surface area contributed by atoms with Crippen LogP contribution in [0.25, 0.3) is 0 Å². The molecule has 1 aromatic rings. The zero-order valence-corrected chi connectivity index (χ0v) is 17.1. The number of benzene rings is 1. The van der Waals surface area contributed by atoms with Gasteiger partial charge in [0, 0.05) is 18.2 Å². The highest BCUT2D eigenvalue weighted by Crippen LogP contribution is 2.37. The van der Waals surface area contributed by atoms with Crippen LogP contribution in [0, 0.1) is 11.8 Å². The molecule has 2 unspecified atom stereocenters. The van der Waals surface area contributed by atoms with Crippen LogP contribution in [0.15, 0.2) is 12.1 Å². The Labute approximate surface area is 163 Å². The second-order valence-electron chi connectivity index (χ2n) is 6.71. The van der Waals surface area contributed by atoms with Crippen LogP contribution in [0.2, 0.25) is 0 Å². The summed E-state index contributed by atoms with van der Waals surface area (Å²) < 4.78 is 17.3. The minimum absolute atomic E-state index is 0.183. The highest BCUT2D eigenvalue weighted by molar-refractivity contribution is 5.70. The van der Waals surface area contributed by atoms with Crippen LogP contribution in [0.3, 0.4) is 0 Å². The molecule has 0 saturated heterocycles. The normalized spacial score (nSPS) is 13.1. The molecule has 0 aliphatic carbocycles. The molecule has 0 heterocycles. The van der Waals surface area contributed by atoms with Gasteiger partial charge in [0.25, 0.3) is 0 Å². The maximum absolute atomic E-state index is 11.2. The Morgan fingerprint density at radius 2 is 1.78 bits per heavy atom. The van der Waals surface area contributed by atoms with E-state index in [1.54, 1.807) is 0 Å². The Hall–Kier alpha value is -1.95. The fourth-order valence-electron chi connectivity index (χ4n) is 3.18. The summed E-state index contributed by atoms with van der Waals surface area (Å²) >= 11 is 0. The first-order valence-corrected chi connectivity index (χ1v) is 9.94. The minimum atomic E-state index is -0.811. The summed E-state index contributed by atoms with van der Waals surface area (Å²) in [5.41, 5.74) is 6.62. The number of rotatable bonds is 14. The first kappa shape index (κ1) is 23.1. The highest BCUT2D eigenvalue weighted by Gasteiger charge is 2.19. The van der Waals surface area contributed by atoms with Gasteiger partial charge in [-0.15, -0.1) is 0 Å². The van der Waals surface area contributed by atoms with Crippen LogP contribution >= 0.6 is 0 Å². The average Bonchev–Trinajstić information content (AvgIpc) is 2.62. The molecule has 0 radical (unpaired) electrons. The van der Waals surface area contributed by atoms with E-state index < -0.39 is 11.9 Å². The van der Waals surface area contributed by atoms with Gasteiger partial charge in [-0.2, -0.15) is 0 Å². The summed E-state index contributed by atoms with van der Waals surface area (Å²) in [7, 11) is 0. The van der Waals surface area contributed by atoms with Gasteiger partial charge in [-0.3, -0.25) is 4.79 Å². The molecular formula is C21H35NO5. The van der Waals surface area contributed by atoms with Crippen LogP contribution in [0.5, 0.6) is 17.2 Å². The summed E-state index contributed by atoms with van der Waals surface area (Å²) in [6.07, 6.45) is 3.28. The molecule has 0 aromatic heterocycles. The second kappa shape index (κ2) is 12.4. The first-order valence-electron chi connectivity index (χ1n) is 9.94. The summed E-state index contributed by atoms with van der Waals surface area (Å²) in [4.78, 5) is 11.2. The van der Waals surface area contributed by atoms with Crippen molar-refractivity contribution in [2.24, 2.45) is 17.6 Å². The Bertz CT molecular complexity index is 576. The van der Waals surface area contributed by atoms with Crippen molar-refractivity contribution in [2.75, 3.05) is 26.4 Å². The predicted molar refractivity (Wildman–Crippen MR) is 107 cm³/mol. The summed E-state index contributed by atoms with van der Waals surface area (Å²) in [6.45, 7) is 9.83. The number of aryl methyl sites for hydroxylation is 1. The predicted octanol–water partition coefficient (Wildman–Crippen LogP) is 3.89. The third-order valence-electron chi connectivity index (χ3n) is 4.47. The van der Waals surface area contributed by atoms with E-state index in [4.69, 9.17) is 25.1 Å². The lowest BCUT2D eigenvalue weighted by molar-refractivity contribution is -0.141. The van der Waals surface area contributed by atoms with Gasteiger partial charge in [0.15, 0.2) is 11.5 Å². The Morgan fingerprint density at radius 3 is 2.33 bits per heavy atom. The number of aliphatic carboxylic acids is 1. The fraction of sp³-hybridized carbons (Fsp3) is 0.667. The summed E-state index contributed by atoms with van der Waals surface area (Å²) in [5.74, 6) is 1.29. The van der Waals surface area contributed by atoms with Gasteiger partial charge in [-0.25, -0.2) is 0 Å². The first-order chi connectivity index (χ1) is 13.0. The Morgan fingerprint density at radius 1 is 1.11 bits per heavy atom. The van der Waals surface area contributed by atoms with Gasteiger partial charge in [0.1, 0.15) is 5.75 Å². The van der Waals surface area contributed by atoms with E-state index in [2.05, 4.69) is 6.92 Å². The van der Waals surface area contributed by atoms with Crippen LogP contribution in [0.4, 0.5) is 0 Å². The van der Waals surface area contributed by atoms with Gasteiger partial charge in [-0.1, -0.05) is 13.3 Å². The average molecular weight is 382 g/mol. The third-order valence-corrected chi connectivity index (χ3v) is 4.47. The number of hydrogen-bond acceptors (Lipinski definition) is 5. The van der Waals surface area contributed by atoms with Crippen molar-refractivity contribution in [3.05, 3.63) is 17.7 Å².